The molecule has 0 unspecified atom stereocenters. The van der Waals surface area contributed by atoms with Crippen LogP contribution < -0.4 is 15.0 Å². The van der Waals surface area contributed by atoms with Crippen molar-refractivity contribution in [2.45, 2.75) is 64.6 Å². The van der Waals surface area contributed by atoms with Crippen molar-refractivity contribution < 1.29 is 29.0 Å². The van der Waals surface area contributed by atoms with Crippen LogP contribution in [0.4, 0.5) is 10.5 Å². The number of nitrogens with zero attached hydrogens (tertiary/aromatic N) is 3. The van der Waals surface area contributed by atoms with Crippen molar-refractivity contribution in [1.82, 2.24) is 15.1 Å². The fourth-order valence-corrected chi connectivity index (χ4v) is 5.77. The SMILES string of the molecule is CCC(=O)NCCN1C(=O)[C@](C)(c2ccccc2)Oc2cc(Cl)c(C(=O)N(C(C)C)[C@@H]3CCCN(C(=O)O)C3)cc21. The van der Waals surface area contributed by atoms with Crippen LogP contribution in [0.15, 0.2) is 42.5 Å². The summed E-state index contributed by atoms with van der Waals surface area (Å²) in [5, 5.41) is 12.5. The molecule has 2 atom stereocenters. The molecule has 0 bridgehead atoms. The standard InChI is InChI=1S/C30H37ClN4O6/c1-5-26(36)32-13-15-34-24-16-22(27(37)35(19(2)3)21-12-9-14-33(18-21)29(39)40)23(31)17-25(24)41-30(4,28(34)38)20-10-7-6-8-11-20/h6-8,10-11,16-17,19,21H,5,9,12-15,18H2,1-4H3,(H,32,36)(H,39,40)/t21-,30+/m1/s1. The summed E-state index contributed by atoms with van der Waals surface area (Å²) in [6.45, 7) is 8.20. The number of amides is 4. The van der Waals surface area contributed by atoms with Crippen LogP contribution in [0.2, 0.25) is 5.02 Å². The number of piperidine rings is 1. The summed E-state index contributed by atoms with van der Waals surface area (Å²) >= 11 is 6.72. The molecule has 0 aliphatic carbocycles. The van der Waals surface area contributed by atoms with E-state index in [4.69, 9.17) is 16.3 Å². The second-order valence-corrected chi connectivity index (χ2v) is 11.2. The molecule has 10 nitrogen and oxygen atoms in total. The number of carbonyl (C=O) groups is 4. The number of hydrogen-bond donors (Lipinski definition) is 2. The second-order valence-electron chi connectivity index (χ2n) is 10.8. The maximum Gasteiger partial charge on any atom is 0.407 e. The summed E-state index contributed by atoms with van der Waals surface area (Å²) < 4.78 is 6.32. The van der Waals surface area contributed by atoms with Gasteiger partial charge in [-0.3, -0.25) is 14.4 Å². The summed E-state index contributed by atoms with van der Waals surface area (Å²) in [5.74, 6) is -0.495. The van der Waals surface area contributed by atoms with Crippen LogP contribution in [0.5, 0.6) is 5.75 Å². The van der Waals surface area contributed by atoms with Gasteiger partial charge in [0.25, 0.3) is 11.8 Å². The highest BCUT2D eigenvalue weighted by molar-refractivity contribution is 6.34. The van der Waals surface area contributed by atoms with Gasteiger partial charge in [0.1, 0.15) is 5.75 Å². The topological polar surface area (TPSA) is 119 Å². The average molecular weight is 585 g/mol. The third-order valence-corrected chi connectivity index (χ3v) is 8.00. The number of fused-ring (bicyclic) bond motifs is 1. The van der Waals surface area contributed by atoms with Crippen molar-refractivity contribution in [1.29, 1.82) is 0 Å². The van der Waals surface area contributed by atoms with E-state index in [0.29, 0.717) is 42.8 Å². The quantitative estimate of drug-likeness (QED) is 0.471. The molecular weight excluding hydrogens is 548 g/mol. The number of carboxylic acid groups (broad SMARTS) is 1. The van der Waals surface area contributed by atoms with Crippen LogP contribution in [0.3, 0.4) is 0 Å². The van der Waals surface area contributed by atoms with Crippen molar-refractivity contribution in [3.63, 3.8) is 0 Å². The molecule has 0 saturated carbocycles. The maximum absolute atomic E-state index is 14.0. The van der Waals surface area contributed by atoms with E-state index in [1.807, 2.05) is 44.2 Å². The largest absolute Gasteiger partial charge is 0.471 e. The summed E-state index contributed by atoms with van der Waals surface area (Å²) in [6, 6.07) is 11.7. The molecular formula is C30H37ClN4O6. The number of benzene rings is 2. The molecule has 2 aliphatic heterocycles. The van der Waals surface area contributed by atoms with Crippen LogP contribution in [0.1, 0.15) is 62.9 Å². The predicted molar refractivity (Wildman–Crippen MR) is 155 cm³/mol. The number of nitrogens with one attached hydrogen (secondary N) is 1. The Balaban J connectivity index is 1.74. The van der Waals surface area contributed by atoms with Crippen LogP contribution in [0, 0.1) is 0 Å². The van der Waals surface area contributed by atoms with E-state index in [1.165, 1.54) is 9.80 Å². The lowest BCUT2D eigenvalue weighted by molar-refractivity contribution is -0.135. The maximum atomic E-state index is 14.0. The number of likely N-dealkylation sites (tertiary alicyclic amines) is 1. The molecule has 41 heavy (non-hydrogen) atoms. The van der Waals surface area contributed by atoms with E-state index in [-0.39, 0.29) is 60.0 Å². The van der Waals surface area contributed by atoms with Gasteiger partial charge in [-0.25, -0.2) is 4.79 Å². The average Bonchev–Trinajstić information content (AvgIpc) is 2.95. The minimum absolute atomic E-state index is 0.140. The smallest absolute Gasteiger partial charge is 0.407 e. The van der Waals surface area contributed by atoms with E-state index in [2.05, 4.69) is 5.32 Å². The molecule has 4 amide bonds. The molecule has 11 heteroatoms. The Hall–Kier alpha value is -3.79. The van der Waals surface area contributed by atoms with E-state index in [0.717, 1.165) is 0 Å². The van der Waals surface area contributed by atoms with E-state index in [9.17, 15) is 24.3 Å². The van der Waals surface area contributed by atoms with Crippen molar-refractivity contribution in [3.8, 4) is 5.75 Å². The minimum atomic E-state index is -1.36. The van der Waals surface area contributed by atoms with Crippen LogP contribution in [-0.4, -0.2) is 77.0 Å². The molecule has 2 aromatic carbocycles. The van der Waals surface area contributed by atoms with Gasteiger partial charge >= 0.3 is 6.09 Å². The van der Waals surface area contributed by atoms with E-state index < -0.39 is 11.7 Å². The molecule has 0 radical (unpaired) electrons. The Bertz CT molecular complexity index is 1320. The van der Waals surface area contributed by atoms with Gasteiger partial charge in [-0.1, -0.05) is 48.9 Å². The number of rotatable bonds is 8. The molecule has 0 aromatic heterocycles. The minimum Gasteiger partial charge on any atom is -0.471 e. The molecule has 2 N–H and O–H groups in total. The van der Waals surface area contributed by atoms with Gasteiger partial charge in [0.15, 0.2) is 0 Å². The molecule has 0 spiro atoms. The number of carbonyl (C=O) groups excluding carboxylic acids is 3. The van der Waals surface area contributed by atoms with Gasteiger partial charge in [-0.05, 0) is 39.7 Å². The first-order chi connectivity index (χ1) is 19.5. The first-order valence-corrected chi connectivity index (χ1v) is 14.3. The first kappa shape index (κ1) is 30.2. The van der Waals surface area contributed by atoms with Gasteiger partial charge < -0.3 is 29.9 Å². The van der Waals surface area contributed by atoms with Crippen LogP contribution in [0.25, 0.3) is 0 Å². The Morgan fingerprint density at radius 3 is 2.56 bits per heavy atom. The van der Waals surface area contributed by atoms with Gasteiger partial charge in [-0.15, -0.1) is 0 Å². The van der Waals surface area contributed by atoms with E-state index >= 15 is 0 Å². The van der Waals surface area contributed by atoms with Crippen LogP contribution in [-0.2, 0) is 15.2 Å². The van der Waals surface area contributed by atoms with Gasteiger partial charge in [0.05, 0.1) is 22.3 Å². The zero-order chi connectivity index (χ0) is 29.9. The predicted octanol–water partition coefficient (Wildman–Crippen LogP) is 4.50. The molecule has 220 valence electrons. The Labute approximate surface area is 245 Å². The Morgan fingerprint density at radius 2 is 1.93 bits per heavy atom. The monoisotopic (exact) mass is 584 g/mol. The summed E-state index contributed by atoms with van der Waals surface area (Å²) in [5.41, 5.74) is -0.138. The summed E-state index contributed by atoms with van der Waals surface area (Å²) in [7, 11) is 0. The molecule has 1 saturated heterocycles. The highest BCUT2D eigenvalue weighted by Crippen LogP contribution is 2.45. The second kappa shape index (κ2) is 12.4. The molecule has 2 aliphatic rings. The molecule has 2 aromatic rings. The Kier molecular flexibility index (Phi) is 9.11. The third kappa shape index (κ3) is 6.12. The molecule has 4 rings (SSSR count). The normalized spacial score (nSPS) is 20.3. The zero-order valence-corrected chi connectivity index (χ0v) is 24.6. The van der Waals surface area contributed by atoms with Crippen molar-refractivity contribution in [3.05, 3.63) is 58.6 Å². The highest BCUT2D eigenvalue weighted by atomic mass is 35.5. The summed E-state index contributed by atoms with van der Waals surface area (Å²) in [4.78, 5) is 56.1. The fraction of sp³-hybridized carbons (Fsp3) is 0.467. The van der Waals surface area contributed by atoms with E-state index in [1.54, 1.807) is 30.9 Å². The van der Waals surface area contributed by atoms with Crippen molar-refractivity contribution >= 4 is 41.1 Å². The molecule has 2 heterocycles. The van der Waals surface area contributed by atoms with Crippen molar-refractivity contribution in [2.24, 2.45) is 0 Å². The Morgan fingerprint density at radius 1 is 1.22 bits per heavy atom. The van der Waals surface area contributed by atoms with Crippen LogP contribution >= 0.6 is 11.6 Å². The lowest BCUT2D eigenvalue weighted by Gasteiger charge is -2.42. The van der Waals surface area contributed by atoms with Gasteiger partial charge in [0.2, 0.25) is 11.5 Å². The number of halogens is 1. The third-order valence-electron chi connectivity index (χ3n) is 7.69. The lowest BCUT2D eigenvalue weighted by atomic mass is 9.91. The number of hydrogen-bond acceptors (Lipinski definition) is 5. The summed E-state index contributed by atoms with van der Waals surface area (Å²) in [6.07, 6.45) is 0.606. The molecule has 1 fully saturated rings. The van der Waals surface area contributed by atoms with Gasteiger partial charge in [0, 0.05) is 50.3 Å². The number of ether oxygens (including phenoxy) is 1. The zero-order valence-electron chi connectivity index (χ0n) is 23.9. The van der Waals surface area contributed by atoms with Gasteiger partial charge in [-0.2, -0.15) is 0 Å². The lowest BCUT2D eigenvalue weighted by Crippen LogP contribution is -2.54. The first-order valence-electron chi connectivity index (χ1n) is 13.9. The highest BCUT2D eigenvalue weighted by Gasteiger charge is 2.46. The number of anilines is 1. The fourth-order valence-electron chi connectivity index (χ4n) is 5.54. The van der Waals surface area contributed by atoms with Crippen molar-refractivity contribution in [2.75, 3.05) is 31.1 Å².